The van der Waals surface area contributed by atoms with Gasteiger partial charge in [0, 0.05) is 38.2 Å². The molecule has 4 N–H and O–H groups in total. The summed E-state index contributed by atoms with van der Waals surface area (Å²) in [5.41, 5.74) is 6.00. The molecule has 0 saturated carbocycles. The minimum Gasteiger partial charge on any atom is -0.369 e. The van der Waals surface area contributed by atoms with Crippen molar-refractivity contribution in [3.05, 3.63) is 29.9 Å². The molecule has 1 aromatic rings. The molecule has 22 heavy (non-hydrogen) atoms. The molecule has 7 nitrogen and oxygen atoms in total. The molecule has 2 heterocycles. The van der Waals surface area contributed by atoms with Crippen LogP contribution in [0, 0.1) is 12.8 Å². The fourth-order valence-electron chi connectivity index (χ4n) is 2.54. The van der Waals surface area contributed by atoms with Crippen LogP contribution in [0.5, 0.6) is 0 Å². The first kappa shape index (κ1) is 16.2. The molecule has 0 spiro atoms. The van der Waals surface area contributed by atoms with Crippen LogP contribution in [0.1, 0.15) is 17.9 Å². The Morgan fingerprint density at radius 1 is 1.45 bits per heavy atom. The van der Waals surface area contributed by atoms with Gasteiger partial charge in [0.05, 0.1) is 12.2 Å². The number of fused-ring (bicyclic) bond motifs is 1. The van der Waals surface area contributed by atoms with Crippen molar-refractivity contribution in [3.63, 3.8) is 0 Å². The monoisotopic (exact) mass is 305 g/mol. The number of aryl methyl sites for hydroxylation is 2. The van der Waals surface area contributed by atoms with Gasteiger partial charge in [-0.25, -0.2) is 4.98 Å². The zero-order valence-corrected chi connectivity index (χ0v) is 12.8. The molecule has 0 aliphatic carbocycles. The van der Waals surface area contributed by atoms with E-state index in [1.807, 2.05) is 25.3 Å². The van der Waals surface area contributed by atoms with Crippen molar-refractivity contribution in [2.75, 3.05) is 19.6 Å². The van der Waals surface area contributed by atoms with Crippen molar-refractivity contribution in [3.8, 4) is 0 Å². The molecular formula is C15H23N5O2. The molecule has 2 rings (SSSR count). The maximum atomic E-state index is 12.1. The Labute approximate surface area is 130 Å². The molecule has 0 saturated heterocycles. The van der Waals surface area contributed by atoms with Crippen molar-refractivity contribution >= 4 is 11.8 Å². The van der Waals surface area contributed by atoms with Gasteiger partial charge in [-0.2, -0.15) is 0 Å². The summed E-state index contributed by atoms with van der Waals surface area (Å²) in [5.74, 6) is 0.681. The van der Waals surface area contributed by atoms with Crippen molar-refractivity contribution < 1.29 is 9.59 Å². The number of hydrogen-bond donors (Lipinski definition) is 3. The number of imidazole rings is 1. The predicted molar refractivity (Wildman–Crippen MR) is 83.0 cm³/mol. The fraction of sp³-hybridized carbons (Fsp3) is 0.533. The van der Waals surface area contributed by atoms with E-state index in [-0.39, 0.29) is 24.3 Å². The van der Waals surface area contributed by atoms with Gasteiger partial charge in [0.25, 0.3) is 0 Å². The zero-order valence-electron chi connectivity index (χ0n) is 12.8. The normalized spacial score (nSPS) is 17.4. The molecule has 1 aromatic heterocycles. The third-order valence-corrected chi connectivity index (χ3v) is 3.62. The topological polar surface area (TPSA) is 102 Å². The Balaban J connectivity index is 1.68. The minimum absolute atomic E-state index is 0.00399. The molecule has 120 valence electrons. The Bertz CT molecular complexity index is 564. The molecule has 0 radical (unpaired) electrons. The van der Waals surface area contributed by atoms with Gasteiger partial charge in [-0.05, 0) is 13.3 Å². The zero-order chi connectivity index (χ0) is 15.9. The number of amides is 2. The van der Waals surface area contributed by atoms with E-state index in [1.54, 1.807) is 0 Å². The smallest absolute Gasteiger partial charge is 0.231 e. The Morgan fingerprint density at radius 2 is 2.23 bits per heavy atom. The molecule has 1 unspecified atom stereocenters. The number of primary amides is 1. The van der Waals surface area contributed by atoms with Crippen LogP contribution in [-0.4, -0.2) is 41.0 Å². The number of carbonyl (C=O) groups is 2. The van der Waals surface area contributed by atoms with Crippen molar-refractivity contribution in [1.29, 1.82) is 0 Å². The van der Waals surface area contributed by atoms with Crippen molar-refractivity contribution in [1.82, 2.24) is 20.2 Å². The number of carbonyl (C=O) groups excluding carboxylic acids is 2. The van der Waals surface area contributed by atoms with Gasteiger partial charge in [0.2, 0.25) is 11.8 Å². The van der Waals surface area contributed by atoms with Crippen LogP contribution >= 0.6 is 0 Å². The summed E-state index contributed by atoms with van der Waals surface area (Å²) in [5, 5.41) is 5.77. The van der Waals surface area contributed by atoms with Crippen LogP contribution in [0.4, 0.5) is 0 Å². The summed E-state index contributed by atoms with van der Waals surface area (Å²) in [4.78, 5) is 27.1. The molecule has 1 atom stereocenters. The molecule has 1 aliphatic heterocycles. The maximum Gasteiger partial charge on any atom is 0.231 e. The van der Waals surface area contributed by atoms with E-state index < -0.39 is 0 Å². The van der Waals surface area contributed by atoms with Gasteiger partial charge in [0.15, 0.2) is 0 Å². The summed E-state index contributed by atoms with van der Waals surface area (Å²) in [6.07, 6.45) is 7.30. The highest BCUT2D eigenvalue weighted by molar-refractivity contribution is 5.79. The Morgan fingerprint density at radius 3 is 3.00 bits per heavy atom. The van der Waals surface area contributed by atoms with Crippen LogP contribution in [0.3, 0.4) is 0 Å². The van der Waals surface area contributed by atoms with Crippen LogP contribution in [0.25, 0.3) is 0 Å². The first-order chi connectivity index (χ1) is 10.6. The first-order valence-electron chi connectivity index (χ1n) is 7.50. The highest BCUT2D eigenvalue weighted by Gasteiger charge is 2.25. The van der Waals surface area contributed by atoms with Crippen LogP contribution in [0.2, 0.25) is 0 Å². The number of nitrogens with one attached hydrogen (secondary N) is 2. The van der Waals surface area contributed by atoms with E-state index in [0.717, 1.165) is 24.5 Å². The lowest BCUT2D eigenvalue weighted by atomic mass is 9.97. The van der Waals surface area contributed by atoms with Gasteiger partial charge < -0.3 is 20.9 Å². The van der Waals surface area contributed by atoms with Crippen LogP contribution < -0.4 is 16.4 Å². The second-order valence-electron chi connectivity index (χ2n) is 5.50. The minimum atomic E-state index is -0.382. The molecular weight excluding hydrogens is 282 g/mol. The maximum absolute atomic E-state index is 12.1. The highest BCUT2D eigenvalue weighted by Crippen LogP contribution is 2.20. The fourth-order valence-corrected chi connectivity index (χ4v) is 2.54. The van der Waals surface area contributed by atoms with Crippen molar-refractivity contribution in [2.24, 2.45) is 11.7 Å². The molecule has 7 heteroatoms. The summed E-state index contributed by atoms with van der Waals surface area (Å²) in [6, 6.07) is 0. The molecule has 0 fully saturated rings. The molecule has 2 amide bonds. The summed E-state index contributed by atoms with van der Waals surface area (Å²) in [7, 11) is 0. The number of aromatic nitrogens is 2. The van der Waals surface area contributed by atoms with E-state index >= 15 is 0 Å². The standard InChI is InChI=1S/C15H23N5O2/c1-11-10-20-7-4-12(8-14(20)19-11)15(22)18-6-3-2-5-17-9-13(16)21/h2-3,10,12,17H,4-9H2,1H3,(H2,16,21)(H,18,22)/b3-2+. The van der Waals surface area contributed by atoms with Gasteiger partial charge in [0.1, 0.15) is 5.82 Å². The number of hydrogen-bond acceptors (Lipinski definition) is 4. The van der Waals surface area contributed by atoms with Gasteiger partial charge in [-0.3, -0.25) is 9.59 Å². The van der Waals surface area contributed by atoms with E-state index in [2.05, 4.69) is 20.2 Å². The lowest BCUT2D eigenvalue weighted by Crippen LogP contribution is -2.35. The van der Waals surface area contributed by atoms with E-state index in [1.165, 1.54) is 0 Å². The van der Waals surface area contributed by atoms with Gasteiger partial charge >= 0.3 is 0 Å². The van der Waals surface area contributed by atoms with E-state index in [9.17, 15) is 9.59 Å². The van der Waals surface area contributed by atoms with E-state index in [0.29, 0.717) is 19.5 Å². The van der Waals surface area contributed by atoms with Gasteiger partial charge in [-0.15, -0.1) is 0 Å². The lowest BCUT2D eigenvalue weighted by molar-refractivity contribution is -0.125. The summed E-state index contributed by atoms with van der Waals surface area (Å²) in [6.45, 7) is 4.02. The average molecular weight is 305 g/mol. The summed E-state index contributed by atoms with van der Waals surface area (Å²) >= 11 is 0. The second-order valence-corrected chi connectivity index (χ2v) is 5.50. The first-order valence-corrected chi connectivity index (χ1v) is 7.50. The number of nitrogens with zero attached hydrogens (tertiary/aromatic N) is 2. The number of rotatable bonds is 7. The van der Waals surface area contributed by atoms with Crippen LogP contribution in [0.15, 0.2) is 18.3 Å². The predicted octanol–water partition coefficient (Wildman–Crippen LogP) is -0.499. The van der Waals surface area contributed by atoms with Crippen molar-refractivity contribution in [2.45, 2.75) is 26.3 Å². The SMILES string of the molecule is Cc1cn2c(n1)CC(C(=O)NC/C=C/CNCC(N)=O)CC2. The third kappa shape index (κ3) is 4.70. The molecule has 0 bridgehead atoms. The Kier molecular flexibility index (Phi) is 5.71. The molecule has 1 aliphatic rings. The lowest BCUT2D eigenvalue weighted by Gasteiger charge is -2.22. The van der Waals surface area contributed by atoms with Crippen LogP contribution in [-0.2, 0) is 22.6 Å². The third-order valence-electron chi connectivity index (χ3n) is 3.62. The quantitative estimate of drug-likeness (QED) is 0.467. The van der Waals surface area contributed by atoms with Gasteiger partial charge in [-0.1, -0.05) is 12.2 Å². The summed E-state index contributed by atoms with van der Waals surface area (Å²) < 4.78 is 2.13. The Hall–Kier alpha value is -2.15. The molecule has 0 aromatic carbocycles. The van der Waals surface area contributed by atoms with E-state index in [4.69, 9.17) is 5.73 Å². The number of nitrogens with two attached hydrogens (primary N) is 1. The largest absolute Gasteiger partial charge is 0.369 e. The second kappa shape index (κ2) is 7.74. The average Bonchev–Trinajstić information content (AvgIpc) is 2.84. The highest BCUT2D eigenvalue weighted by atomic mass is 16.2.